The van der Waals surface area contributed by atoms with Crippen molar-refractivity contribution in [2.24, 2.45) is 0 Å². The smallest absolute Gasteiger partial charge is 0.264 e. The molecule has 0 radical (unpaired) electrons. The Bertz CT molecular complexity index is 1490. The minimum absolute atomic E-state index is 0.0307. The SMILES string of the molecule is COc1ccc(C(C)(C)C)cc1-c1cc(Nc2ccc(S(=O)(=O)Nc3onc(C)c3C)cc2)ncn1. The molecule has 36 heavy (non-hydrogen) atoms. The minimum atomic E-state index is -3.83. The highest BCUT2D eigenvalue weighted by molar-refractivity contribution is 7.92. The first-order valence-electron chi connectivity index (χ1n) is 11.3. The third-order valence-electron chi connectivity index (χ3n) is 5.83. The summed E-state index contributed by atoms with van der Waals surface area (Å²) < 4.78 is 38.6. The van der Waals surface area contributed by atoms with Crippen molar-refractivity contribution in [2.45, 2.75) is 44.9 Å². The van der Waals surface area contributed by atoms with Crippen LogP contribution in [-0.4, -0.2) is 30.7 Å². The van der Waals surface area contributed by atoms with E-state index in [1.54, 1.807) is 33.1 Å². The molecule has 188 valence electrons. The number of anilines is 3. The van der Waals surface area contributed by atoms with Gasteiger partial charge in [0.25, 0.3) is 10.0 Å². The Morgan fingerprint density at radius 1 is 0.972 bits per heavy atom. The quantitative estimate of drug-likeness (QED) is 0.332. The van der Waals surface area contributed by atoms with Crippen molar-refractivity contribution in [3.8, 4) is 17.0 Å². The molecule has 0 saturated carbocycles. The number of aromatic nitrogens is 3. The predicted molar refractivity (Wildman–Crippen MR) is 139 cm³/mol. The molecule has 4 rings (SSSR count). The van der Waals surface area contributed by atoms with Crippen molar-refractivity contribution < 1.29 is 17.7 Å². The first-order chi connectivity index (χ1) is 17.0. The average molecular weight is 508 g/mol. The van der Waals surface area contributed by atoms with E-state index in [0.717, 1.165) is 11.1 Å². The number of nitrogens with zero attached hydrogens (tertiary/aromatic N) is 3. The normalized spacial score (nSPS) is 11.8. The molecule has 2 aromatic heterocycles. The van der Waals surface area contributed by atoms with Gasteiger partial charge in [-0.2, -0.15) is 0 Å². The van der Waals surface area contributed by atoms with Gasteiger partial charge in [-0.3, -0.25) is 0 Å². The lowest BCUT2D eigenvalue weighted by atomic mass is 9.85. The van der Waals surface area contributed by atoms with Gasteiger partial charge in [0.15, 0.2) is 0 Å². The summed E-state index contributed by atoms with van der Waals surface area (Å²) in [7, 11) is -2.20. The third kappa shape index (κ3) is 5.33. The average Bonchev–Trinajstić information content (AvgIpc) is 3.15. The first kappa shape index (κ1) is 25.2. The molecular formula is C26H29N5O4S. The molecule has 2 heterocycles. The number of hydrogen-bond acceptors (Lipinski definition) is 8. The fourth-order valence-electron chi connectivity index (χ4n) is 3.50. The van der Waals surface area contributed by atoms with Gasteiger partial charge in [0.1, 0.15) is 17.9 Å². The molecule has 0 saturated heterocycles. The van der Waals surface area contributed by atoms with Crippen molar-refractivity contribution in [1.82, 2.24) is 15.1 Å². The highest BCUT2D eigenvalue weighted by Gasteiger charge is 2.20. The molecule has 9 nitrogen and oxygen atoms in total. The molecule has 2 aromatic carbocycles. The van der Waals surface area contributed by atoms with Crippen LogP contribution in [-0.2, 0) is 15.4 Å². The summed E-state index contributed by atoms with van der Waals surface area (Å²) in [4.78, 5) is 8.85. The molecule has 0 amide bonds. The van der Waals surface area contributed by atoms with E-state index in [0.29, 0.717) is 34.2 Å². The number of nitrogens with one attached hydrogen (secondary N) is 2. The molecule has 0 fully saturated rings. The Hall–Kier alpha value is -3.92. The van der Waals surface area contributed by atoms with Crippen LogP contribution in [0.25, 0.3) is 11.3 Å². The molecule has 2 N–H and O–H groups in total. The van der Waals surface area contributed by atoms with Crippen LogP contribution in [0.3, 0.4) is 0 Å². The lowest BCUT2D eigenvalue weighted by molar-refractivity contribution is 0.415. The first-order valence-corrected chi connectivity index (χ1v) is 12.8. The molecule has 0 bridgehead atoms. The minimum Gasteiger partial charge on any atom is -0.496 e. The van der Waals surface area contributed by atoms with Gasteiger partial charge >= 0.3 is 0 Å². The molecule has 0 atom stereocenters. The van der Waals surface area contributed by atoms with E-state index >= 15 is 0 Å². The maximum absolute atomic E-state index is 12.7. The van der Waals surface area contributed by atoms with E-state index in [9.17, 15) is 8.42 Å². The summed E-state index contributed by atoms with van der Waals surface area (Å²) in [5, 5.41) is 6.98. The largest absolute Gasteiger partial charge is 0.496 e. The lowest BCUT2D eigenvalue weighted by Crippen LogP contribution is -2.13. The van der Waals surface area contributed by atoms with Gasteiger partial charge in [-0.25, -0.2) is 23.1 Å². The Labute approximate surface area is 211 Å². The van der Waals surface area contributed by atoms with Crippen LogP contribution in [0.1, 0.15) is 37.6 Å². The fraction of sp³-hybridized carbons (Fsp3) is 0.269. The second-order valence-electron chi connectivity index (χ2n) is 9.43. The van der Waals surface area contributed by atoms with Gasteiger partial charge < -0.3 is 14.6 Å². The van der Waals surface area contributed by atoms with Crippen LogP contribution >= 0.6 is 0 Å². The molecule has 10 heteroatoms. The van der Waals surface area contributed by atoms with E-state index in [1.165, 1.54) is 18.5 Å². The molecule has 0 aliphatic carbocycles. The van der Waals surface area contributed by atoms with Crippen molar-refractivity contribution in [2.75, 3.05) is 17.1 Å². The van der Waals surface area contributed by atoms with Gasteiger partial charge in [0.2, 0.25) is 5.88 Å². The zero-order valence-corrected chi connectivity index (χ0v) is 21.9. The van der Waals surface area contributed by atoms with Gasteiger partial charge in [0.05, 0.1) is 23.4 Å². The van der Waals surface area contributed by atoms with Crippen LogP contribution in [0.2, 0.25) is 0 Å². The number of aryl methyl sites for hydroxylation is 1. The number of benzene rings is 2. The van der Waals surface area contributed by atoms with Crippen LogP contribution in [0, 0.1) is 13.8 Å². The number of rotatable bonds is 7. The zero-order valence-electron chi connectivity index (χ0n) is 21.1. The summed E-state index contributed by atoms with van der Waals surface area (Å²) in [6.45, 7) is 9.94. The summed E-state index contributed by atoms with van der Waals surface area (Å²) in [6, 6.07) is 14.2. The molecule has 4 aromatic rings. The van der Waals surface area contributed by atoms with Gasteiger partial charge in [-0.1, -0.05) is 32.0 Å². The Kier molecular flexibility index (Phi) is 6.73. The van der Waals surface area contributed by atoms with Crippen molar-refractivity contribution in [3.05, 3.63) is 71.7 Å². The summed E-state index contributed by atoms with van der Waals surface area (Å²) in [5.74, 6) is 1.38. The number of ether oxygens (including phenoxy) is 1. The molecule has 0 aliphatic rings. The number of hydrogen-bond donors (Lipinski definition) is 2. The van der Waals surface area contributed by atoms with E-state index in [2.05, 4.69) is 58.1 Å². The number of sulfonamides is 1. The second-order valence-corrected chi connectivity index (χ2v) is 11.1. The predicted octanol–water partition coefficient (Wildman–Crippen LogP) is 5.60. The maximum atomic E-state index is 12.7. The molecule has 0 spiro atoms. The fourth-order valence-corrected chi connectivity index (χ4v) is 4.55. The van der Waals surface area contributed by atoms with Gasteiger partial charge in [-0.15, -0.1) is 0 Å². The van der Waals surface area contributed by atoms with Crippen molar-refractivity contribution in [1.29, 1.82) is 0 Å². The second kappa shape index (κ2) is 9.62. The van der Waals surface area contributed by atoms with E-state index in [4.69, 9.17) is 9.26 Å². The van der Waals surface area contributed by atoms with E-state index in [1.807, 2.05) is 12.1 Å². The van der Waals surface area contributed by atoms with Crippen molar-refractivity contribution >= 4 is 27.4 Å². The monoisotopic (exact) mass is 507 g/mol. The molecule has 0 aliphatic heterocycles. The van der Waals surface area contributed by atoms with Crippen LogP contribution in [0.5, 0.6) is 5.75 Å². The topological polar surface area (TPSA) is 119 Å². The zero-order chi connectivity index (χ0) is 26.1. The van der Waals surface area contributed by atoms with Crippen molar-refractivity contribution in [3.63, 3.8) is 0 Å². The van der Waals surface area contributed by atoms with E-state index < -0.39 is 10.0 Å². The van der Waals surface area contributed by atoms with Crippen LogP contribution in [0.4, 0.5) is 17.4 Å². The van der Waals surface area contributed by atoms with Crippen LogP contribution < -0.4 is 14.8 Å². The van der Waals surface area contributed by atoms with Gasteiger partial charge in [0, 0.05) is 22.9 Å². The highest BCUT2D eigenvalue weighted by Crippen LogP contribution is 2.34. The Morgan fingerprint density at radius 2 is 1.69 bits per heavy atom. The Balaban J connectivity index is 1.56. The standard InChI is InChI=1S/C26H29N5O4S/c1-16-17(2)30-35-25(16)31-36(32,33)20-10-8-19(9-11-20)29-24-14-22(27-15-28-24)21-13-18(26(3,4)5)7-12-23(21)34-6/h7-15,31H,1-6H3,(H,27,28,29). The Morgan fingerprint density at radius 3 is 2.31 bits per heavy atom. The highest BCUT2D eigenvalue weighted by atomic mass is 32.2. The van der Waals surface area contributed by atoms with Gasteiger partial charge in [-0.05, 0) is 61.2 Å². The lowest BCUT2D eigenvalue weighted by Gasteiger charge is -2.21. The number of methoxy groups -OCH3 is 1. The summed E-state index contributed by atoms with van der Waals surface area (Å²) in [5.41, 5.74) is 4.63. The summed E-state index contributed by atoms with van der Waals surface area (Å²) in [6.07, 6.45) is 1.48. The third-order valence-corrected chi connectivity index (χ3v) is 7.18. The maximum Gasteiger partial charge on any atom is 0.264 e. The van der Waals surface area contributed by atoms with Crippen LogP contribution in [0.15, 0.2) is 64.3 Å². The molecule has 0 unspecified atom stereocenters. The molecular weight excluding hydrogens is 478 g/mol. The van der Waals surface area contributed by atoms with E-state index in [-0.39, 0.29) is 16.2 Å². The summed E-state index contributed by atoms with van der Waals surface area (Å²) >= 11 is 0.